The molecule has 1 amide bonds. The minimum Gasteiger partial charge on any atom is -0.347 e. The number of rotatable bonds is 2. The highest BCUT2D eigenvalue weighted by molar-refractivity contribution is 5.92. The molecule has 2 aromatic heterocycles. The van der Waals surface area contributed by atoms with Crippen molar-refractivity contribution >= 4 is 5.91 Å². The predicted molar refractivity (Wildman–Crippen MR) is 80.1 cm³/mol. The Morgan fingerprint density at radius 3 is 2.95 bits per heavy atom. The summed E-state index contributed by atoms with van der Waals surface area (Å²) in [6.07, 6.45) is 7.57. The molecule has 0 N–H and O–H groups in total. The van der Waals surface area contributed by atoms with Gasteiger partial charge in [-0.05, 0) is 31.9 Å². The van der Waals surface area contributed by atoms with E-state index in [0.29, 0.717) is 0 Å². The number of amides is 1. The van der Waals surface area contributed by atoms with Crippen LogP contribution in [0.4, 0.5) is 0 Å². The fourth-order valence-corrected chi connectivity index (χ4v) is 2.93. The molecule has 3 rings (SSSR count). The summed E-state index contributed by atoms with van der Waals surface area (Å²) >= 11 is 0. The molecule has 0 spiro atoms. The second-order valence-electron chi connectivity index (χ2n) is 5.68. The fraction of sp³-hybridized carbons (Fsp3) is 0.438. The van der Waals surface area contributed by atoms with Gasteiger partial charge in [0.25, 0.3) is 5.91 Å². The van der Waals surface area contributed by atoms with Crippen LogP contribution in [0.3, 0.4) is 0 Å². The summed E-state index contributed by atoms with van der Waals surface area (Å²) < 4.78 is 1.87. The molecule has 0 saturated carbocycles. The zero-order chi connectivity index (χ0) is 14.8. The van der Waals surface area contributed by atoms with E-state index in [1.54, 1.807) is 6.20 Å². The van der Waals surface area contributed by atoms with Crippen LogP contribution in [0.5, 0.6) is 0 Å². The number of carbonyl (C=O) groups excluding carboxylic acids is 1. The predicted octanol–water partition coefficient (Wildman–Crippen LogP) is 2.14. The third-order valence-electron chi connectivity index (χ3n) is 4.06. The Labute approximate surface area is 124 Å². The van der Waals surface area contributed by atoms with Gasteiger partial charge >= 0.3 is 0 Å². The Morgan fingerprint density at radius 1 is 1.38 bits per heavy atom. The van der Waals surface area contributed by atoms with Gasteiger partial charge in [-0.25, -0.2) is 0 Å². The summed E-state index contributed by atoms with van der Waals surface area (Å²) in [6.45, 7) is 3.49. The molecule has 3 heterocycles. The summed E-state index contributed by atoms with van der Waals surface area (Å²) in [4.78, 5) is 23.3. The molecule has 21 heavy (non-hydrogen) atoms. The van der Waals surface area contributed by atoms with Crippen molar-refractivity contribution in [3.05, 3.63) is 47.8 Å². The van der Waals surface area contributed by atoms with Crippen molar-refractivity contribution in [1.29, 1.82) is 0 Å². The van der Waals surface area contributed by atoms with Crippen LogP contribution >= 0.6 is 0 Å². The van der Waals surface area contributed by atoms with E-state index >= 15 is 0 Å². The van der Waals surface area contributed by atoms with Crippen molar-refractivity contribution in [2.24, 2.45) is 7.05 Å². The van der Waals surface area contributed by atoms with Gasteiger partial charge in [-0.3, -0.25) is 14.8 Å². The lowest BCUT2D eigenvalue weighted by atomic mass is 9.94. The molecular weight excluding hydrogens is 264 g/mol. The van der Waals surface area contributed by atoms with Gasteiger partial charge in [0.2, 0.25) is 0 Å². The molecule has 1 fully saturated rings. The lowest BCUT2D eigenvalue weighted by Gasteiger charge is -2.32. The molecular formula is C16H20N4O. The van der Waals surface area contributed by atoms with Gasteiger partial charge < -0.3 is 9.47 Å². The molecule has 0 aromatic carbocycles. The Bertz CT molecular complexity index is 649. The Morgan fingerprint density at radius 2 is 2.24 bits per heavy atom. The molecule has 1 saturated heterocycles. The van der Waals surface area contributed by atoms with Crippen molar-refractivity contribution < 1.29 is 4.79 Å². The van der Waals surface area contributed by atoms with Crippen LogP contribution in [0, 0.1) is 6.92 Å². The molecule has 1 atom stereocenters. The highest BCUT2D eigenvalue weighted by atomic mass is 16.2. The van der Waals surface area contributed by atoms with Crippen molar-refractivity contribution in [2.45, 2.75) is 25.7 Å². The van der Waals surface area contributed by atoms with E-state index in [1.165, 1.54) is 0 Å². The van der Waals surface area contributed by atoms with Gasteiger partial charge in [-0.2, -0.15) is 0 Å². The van der Waals surface area contributed by atoms with Gasteiger partial charge in [0.1, 0.15) is 5.69 Å². The van der Waals surface area contributed by atoms with Gasteiger partial charge in [0.05, 0.1) is 11.4 Å². The molecule has 1 aliphatic rings. The Balaban J connectivity index is 1.77. The minimum absolute atomic E-state index is 0.104. The smallest absolute Gasteiger partial charge is 0.270 e. The second-order valence-corrected chi connectivity index (χ2v) is 5.68. The van der Waals surface area contributed by atoms with E-state index < -0.39 is 0 Å². The third-order valence-corrected chi connectivity index (χ3v) is 4.06. The first kappa shape index (κ1) is 13.8. The van der Waals surface area contributed by atoms with Crippen molar-refractivity contribution in [3.63, 3.8) is 0 Å². The number of carbonyl (C=O) groups is 1. The molecule has 110 valence electrons. The number of hydrogen-bond acceptors (Lipinski definition) is 3. The Hall–Kier alpha value is -2.17. The Kier molecular flexibility index (Phi) is 3.73. The van der Waals surface area contributed by atoms with Crippen LogP contribution in [0.25, 0.3) is 0 Å². The van der Waals surface area contributed by atoms with Crippen LogP contribution < -0.4 is 0 Å². The lowest BCUT2D eigenvalue weighted by molar-refractivity contribution is 0.0696. The van der Waals surface area contributed by atoms with E-state index in [-0.39, 0.29) is 11.8 Å². The topological polar surface area (TPSA) is 51.0 Å². The summed E-state index contributed by atoms with van der Waals surface area (Å²) in [5.41, 5.74) is 2.67. The van der Waals surface area contributed by atoms with Gasteiger partial charge in [0, 0.05) is 44.6 Å². The summed E-state index contributed by atoms with van der Waals surface area (Å²) in [7, 11) is 1.90. The first-order valence-electron chi connectivity index (χ1n) is 7.34. The number of aryl methyl sites for hydroxylation is 2. The number of nitrogens with zero attached hydrogens (tertiary/aromatic N) is 4. The first-order chi connectivity index (χ1) is 10.1. The van der Waals surface area contributed by atoms with Gasteiger partial charge in [-0.15, -0.1) is 0 Å². The maximum atomic E-state index is 12.6. The number of piperidine rings is 1. The fourth-order valence-electron chi connectivity index (χ4n) is 2.93. The summed E-state index contributed by atoms with van der Waals surface area (Å²) in [5, 5.41) is 0. The highest BCUT2D eigenvalue weighted by Crippen LogP contribution is 2.26. The molecule has 0 unspecified atom stereocenters. The van der Waals surface area contributed by atoms with Gasteiger partial charge in [0.15, 0.2) is 0 Å². The van der Waals surface area contributed by atoms with E-state index in [1.807, 2.05) is 48.0 Å². The molecule has 5 nitrogen and oxygen atoms in total. The van der Waals surface area contributed by atoms with Gasteiger partial charge in [-0.1, -0.05) is 0 Å². The molecule has 1 aliphatic heterocycles. The van der Waals surface area contributed by atoms with Crippen LogP contribution in [-0.4, -0.2) is 38.4 Å². The molecule has 5 heteroatoms. The van der Waals surface area contributed by atoms with E-state index in [4.69, 9.17) is 0 Å². The van der Waals surface area contributed by atoms with Crippen LogP contribution in [0.15, 0.2) is 30.7 Å². The molecule has 0 aliphatic carbocycles. The summed E-state index contributed by atoms with van der Waals surface area (Å²) in [6, 6.07) is 3.78. The van der Waals surface area contributed by atoms with Crippen molar-refractivity contribution in [3.8, 4) is 0 Å². The molecule has 0 radical (unpaired) electrons. The number of aromatic nitrogens is 3. The number of hydrogen-bond donors (Lipinski definition) is 0. The average molecular weight is 284 g/mol. The van der Waals surface area contributed by atoms with Crippen LogP contribution in [0.1, 0.15) is 40.6 Å². The maximum Gasteiger partial charge on any atom is 0.270 e. The van der Waals surface area contributed by atoms with E-state index in [9.17, 15) is 4.79 Å². The molecule has 0 bridgehead atoms. The average Bonchev–Trinajstić information content (AvgIpc) is 2.93. The number of likely N-dealkylation sites (tertiary alicyclic amines) is 1. The lowest BCUT2D eigenvalue weighted by Crippen LogP contribution is -2.40. The van der Waals surface area contributed by atoms with Crippen LogP contribution in [-0.2, 0) is 7.05 Å². The monoisotopic (exact) mass is 284 g/mol. The van der Waals surface area contributed by atoms with Crippen LogP contribution in [0.2, 0.25) is 0 Å². The standard InChI is InChI=1S/C16H20N4O/c1-12-9-17-10-14(18-12)13-5-3-8-20(11-13)16(21)15-6-4-7-19(15)2/h4,6-7,9-10,13H,3,5,8,11H2,1-2H3/t13-/m0/s1. The third kappa shape index (κ3) is 2.82. The molecule has 2 aromatic rings. The maximum absolute atomic E-state index is 12.6. The quantitative estimate of drug-likeness (QED) is 0.849. The first-order valence-corrected chi connectivity index (χ1v) is 7.34. The summed E-state index contributed by atoms with van der Waals surface area (Å²) in [5.74, 6) is 0.392. The zero-order valence-corrected chi connectivity index (χ0v) is 12.5. The van der Waals surface area contributed by atoms with E-state index in [2.05, 4.69) is 9.97 Å². The minimum atomic E-state index is 0.104. The van der Waals surface area contributed by atoms with Crippen molar-refractivity contribution in [2.75, 3.05) is 13.1 Å². The SMILES string of the molecule is Cc1cncc([C@H]2CCCN(C(=O)c3cccn3C)C2)n1. The zero-order valence-electron chi connectivity index (χ0n) is 12.5. The second kappa shape index (κ2) is 5.68. The highest BCUT2D eigenvalue weighted by Gasteiger charge is 2.27. The van der Waals surface area contributed by atoms with Crippen molar-refractivity contribution in [1.82, 2.24) is 19.4 Å². The van der Waals surface area contributed by atoms with E-state index in [0.717, 1.165) is 43.0 Å². The largest absolute Gasteiger partial charge is 0.347 e. The normalized spacial score (nSPS) is 18.8.